The quantitative estimate of drug-likeness (QED) is 0.782. The SMILES string of the molecule is COCOc1ccc2ccccc2c1CNCC(C)C. The molecule has 0 saturated carbocycles. The van der Waals surface area contributed by atoms with Gasteiger partial charge in [-0.3, -0.25) is 0 Å². The van der Waals surface area contributed by atoms with Gasteiger partial charge in [0.05, 0.1) is 0 Å². The lowest BCUT2D eigenvalue weighted by molar-refractivity contribution is 0.0505. The van der Waals surface area contributed by atoms with Crippen LogP contribution >= 0.6 is 0 Å². The topological polar surface area (TPSA) is 30.5 Å². The zero-order chi connectivity index (χ0) is 14.4. The number of methoxy groups -OCH3 is 1. The van der Waals surface area contributed by atoms with E-state index < -0.39 is 0 Å². The summed E-state index contributed by atoms with van der Waals surface area (Å²) in [7, 11) is 1.64. The summed E-state index contributed by atoms with van der Waals surface area (Å²) in [6.07, 6.45) is 0. The van der Waals surface area contributed by atoms with E-state index in [0.29, 0.717) is 5.92 Å². The zero-order valence-electron chi connectivity index (χ0n) is 12.5. The Morgan fingerprint density at radius 1 is 1.10 bits per heavy atom. The maximum absolute atomic E-state index is 5.69. The van der Waals surface area contributed by atoms with Crippen molar-refractivity contribution in [1.82, 2.24) is 5.32 Å². The molecule has 2 aromatic carbocycles. The maximum atomic E-state index is 5.69. The average molecular weight is 273 g/mol. The Bertz CT molecular complexity index is 552. The molecule has 2 aromatic rings. The molecule has 0 atom stereocenters. The van der Waals surface area contributed by atoms with E-state index in [-0.39, 0.29) is 6.79 Å². The van der Waals surface area contributed by atoms with E-state index >= 15 is 0 Å². The first-order chi connectivity index (χ1) is 9.72. The molecule has 1 N–H and O–H groups in total. The monoisotopic (exact) mass is 273 g/mol. The van der Waals surface area contributed by atoms with Gasteiger partial charge in [0.2, 0.25) is 0 Å². The summed E-state index contributed by atoms with van der Waals surface area (Å²) >= 11 is 0. The number of ether oxygens (including phenoxy) is 2. The molecule has 0 saturated heterocycles. The van der Waals surface area contributed by atoms with Crippen LogP contribution in [0.5, 0.6) is 5.75 Å². The van der Waals surface area contributed by atoms with Crippen LogP contribution in [0, 0.1) is 5.92 Å². The largest absolute Gasteiger partial charge is 0.467 e. The Kier molecular flexibility index (Phi) is 5.39. The second kappa shape index (κ2) is 7.27. The summed E-state index contributed by atoms with van der Waals surface area (Å²) in [4.78, 5) is 0. The smallest absolute Gasteiger partial charge is 0.188 e. The third-order valence-corrected chi connectivity index (χ3v) is 3.18. The molecule has 0 unspecified atom stereocenters. The van der Waals surface area contributed by atoms with Crippen molar-refractivity contribution in [3.8, 4) is 5.75 Å². The first-order valence-corrected chi connectivity index (χ1v) is 7.05. The van der Waals surface area contributed by atoms with Crippen LogP contribution in [-0.2, 0) is 11.3 Å². The molecule has 0 spiro atoms. The molecule has 0 aromatic heterocycles. The highest BCUT2D eigenvalue weighted by Crippen LogP contribution is 2.28. The molecule has 0 amide bonds. The lowest BCUT2D eigenvalue weighted by atomic mass is 10.0. The summed E-state index contributed by atoms with van der Waals surface area (Å²) in [6, 6.07) is 12.5. The lowest BCUT2D eigenvalue weighted by Crippen LogP contribution is -2.19. The lowest BCUT2D eigenvalue weighted by Gasteiger charge is -2.15. The van der Waals surface area contributed by atoms with Gasteiger partial charge < -0.3 is 14.8 Å². The minimum absolute atomic E-state index is 0.273. The summed E-state index contributed by atoms with van der Waals surface area (Å²) < 4.78 is 10.7. The van der Waals surface area contributed by atoms with Crippen LogP contribution in [0.3, 0.4) is 0 Å². The highest BCUT2D eigenvalue weighted by molar-refractivity contribution is 5.87. The number of benzene rings is 2. The van der Waals surface area contributed by atoms with E-state index in [4.69, 9.17) is 9.47 Å². The Morgan fingerprint density at radius 3 is 2.65 bits per heavy atom. The molecule has 0 bridgehead atoms. The van der Waals surface area contributed by atoms with Gasteiger partial charge in [0.15, 0.2) is 6.79 Å². The van der Waals surface area contributed by atoms with Crippen molar-refractivity contribution in [2.24, 2.45) is 5.92 Å². The van der Waals surface area contributed by atoms with Gasteiger partial charge in [-0.2, -0.15) is 0 Å². The Labute approximate surface area is 120 Å². The molecule has 0 heterocycles. The van der Waals surface area contributed by atoms with Crippen molar-refractivity contribution < 1.29 is 9.47 Å². The van der Waals surface area contributed by atoms with E-state index in [9.17, 15) is 0 Å². The van der Waals surface area contributed by atoms with Gasteiger partial charge in [-0.05, 0) is 29.3 Å². The second-order valence-corrected chi connectivity index (χ2v) is 5.34. The van der Waals surface area contributed by atoms with Crippen LogP contribution in [0.1, 0.15) is 19.4 Å². The molecule has 2 rings (SSSR count). The number of fused-ring (bicyclic) bond motifs is 1. The minimum Gasteiger partial charge on any atom is -0.467 e. The molecule has 0 radical (unpaired) electrons. The molecule has 3 heteroatoms. The Balaban J connectivity index is 2.29. The van der Waals surface area contributed by atoms with Crippen LogP contribution < -0.4 is 10.1 Å². The number of hydrogen-bond acceptors (Lipinski definition) is 3. The number of rotatable bonds is 7. The summed E-state index contributed by atoms with van der Waals surface area (Å²) in [5.41, 5.74) is 1.20. The zero-order valence-corrected chi connectivity index (χ0v) is 12.5. The van der Waals surface area contributed by atoms with Crippen molar-refractivity contribution >= 4 is 10.8 Å². The molecule has 20 heavy (non-hydrogen) atoms. The van der Waals surface area contributed by atoms with Crippen LogP contribution in [-0.4, -0.2) is 20.4 Å². The fraction of sp³-hybridized carbons (Fsp3) is 0.412. The van der Waals surface area contributed by atoms with Gasteiger partial charge in [0.1, 0.15) is 5.75 Å². The standard InChI is InChI=1S/C17H23NO2/c1-13(2)10-18-11-16-15-7-5-4-6-14(15)8-9-17(16)20-12-19-3/h4-9,13,18H,10-12H2,1-3H3. The predicted octanol–water partition coefficient (Wildman–Crippen LogP) is 3.57. The average Bonchev–Trinajstić information content (AvgIpc) is 2.45. The van der Waals surface area contributed by atoms with Crippen LogP contribution in [0.25, 0.3) is 10.8 Å². The normalized spacial score (nSPS) is 11.2. The van der Waals surface area contributed by atoms with Crippen molar-refractivity contribution in [3.63, 3.8) is 0 Å². The van der Waals surface area contributed by atoms with Crippen LogP contribution in [0.2, 0.25) is 0 Å². The van der Waals surface area contributed by atoms with E-state index in [1.807, 2.05) is 6.07 Å². The number of nitrogens with one attached hydrogen (secondary N) is 1. The molecule has 0 aliphatic rings. The first-order valence-electron chi connectivity index (χ1n) is 7.05. The molecule has 108 valence electrons. The van der Waals surface area contributed by atoms with E-state index in [1.165, 1.54) is 16.3 Å². The van der Waals surface area contributed by atoms with Crippen LogP contribution in [0.15, 0.2) is 36.4 Å². The molecule has 0 aliphatic heterocycles. The highest BCUT2D eigenvalue weighted by atomic mass is 16.7. The van der Waals surface area contributed by atoms with Crippen molar-refractivity contribution in [1.29, 1.82) is 0 Å². The van der Waals surface area contributed by atoms with Crippen LogP contribution in [0.4, 0.5) is 0 Å². The molecular weight excluding hydrogens is 250 g/mol. The Morgan fingerprint density at radius 2 is 1.90 bits per heavy atom. The molecule has 0 aliphatic carbocycles. The fourth-order valence-corrected chi connectivity index (χ4v) is 2.24. The predicted molar refractivity (Wildman–Crippen MR) is 83.0 cm³/mol. The third-order valence-electron chi connectivity index (χ3n) is 3.18. The number of hydrogen-bond donors (Lipinski definition) is 1. The van der Waals surface area contributed by atoms with E-state index in [2.05, 4.69) is 49.5 Å². The molecule has 3 nitrogen and oxygen atoms in total. The summed E-state index contributed by atoms with van der Waals surface area (Å²) in [5, 5.41) is 5.96. The highest BCUT2D eigenvalue weighted by Gasteiger charge is 2.09. The van der Waals surface area contributed by atoms with E-state index in [0.717, 1.165) is 18.8 Å². The third kappa shape index (κ3) is 3.71. The summed E-state index contributed by atoms with van der Waals surface area (Å²) in [6.45, 7) is 6.48. The Hall–Kier alpha value is -1.58. The second-order valence-electron chi connectivity index (χ2n) is 5.34. The van der Waals surface area contributed by atoms with Gasteiger partial charge in [-0.1, -0.05) is 44.2 Å². The van der Waals surface area contributed by atoms with Gasteiger partial charge in [-0.15, -0.1) is 0 Å². The minimum atomic E-state index is 0.273. The summed E-state index contributed by atoms with van der Waals surface area (Å²) in [5.74, 6) is 1.52. The molecule has 0 fully saturated rings. The first kappa shape index (κ1) is 14.8. The van der Waals surface area contributed by atoms with Gasteiger partial charge in [0.25, 0.3) is 0 Å². The van der Waals surface area contributed by atoms with Crippen molar-refractivity contribution in [3.05, 3.63) is 42.0 Å². The van der Waals surface area contributed by atoms with Crippen molar-refractivity contribution in [2.75, 3.05) is 20.4 Å². The van der Waals surface area contributed by atoms with Gasteiger partial charge in [-0.25, -0.2) is 0 Å². The van der Waals surface area contributed by atoms with Gasteiger partial charge >= 0.3 is 0 Å². The fourth-order valence-electron chi connectivity index (χ4n) is 2.24. The van der Waals surface area contributed by atoms with Crippen molar-refractivity contribution in [2.45, 2.75) is 20.4 Å². The molecular formula is C17H23NO2. The maximum Gasteiger partial charge on any atom is 0.188 e. The van der Waals surface area contributed by atoms with E-state index in [1.54, 1.807) is 7.11 Å². The van der Waals surface area contributed by atoms with Gasteiger partial charge in [0, 0.05) is 19.2 Å².